The molecule has 0 aliphatic heterocycles. The summed E-state index contributed by atoms with van der Waals surface area (Å²) in [6.07, 6.45) is -0.999. The lowest BCUT2D eigenvalue weighted by molar-refractivity contribution is 0.0686. The second-order valence-corrected chi connectivity index (χ2v) is 2.76. The fourth-order valence-electron chi connectivity index (χ4n) is 1.05. The van der Waals surface area contributed by atoms with Crippen LogP contribution < -0.4 is 0 Å². The normalized spacial score (nSPS) is 12.5. The van der Waals surface area contributed by atoms with Crippen LogP contribution in [0.1, 0.15) is 16.8 Å². The SMILES string of the molecule is O=C(c1ccccc1)C(O)CCO. The van der Waals surface area contributed by atoms with Crippen LogP contribution in [0.5, 0.6) is 0 Å². The molecule has 0 radical (unpaired) electrons. The van der Waals surface area contributed by atoms with Gasteiger partial charge in [-0.1, -0.05) is 30.3 Å². The van der Waals surface area contributed by atoms with Crippen molar-refractivity contribution in [3.63, 3.8) is 0 Å². The van der Waals surface area contributed by atoms with Crippen LogP contribution >= 0.6 is 0 Å². The average molecular weight is 180 g/mol. The van der Waals surface area contributed by atoms with Crippen LogP contribution in [0.25, 0.3) is 0 Å². The van der Waals surface area contributed by atoms with Gasteiger partial charge in [0.2, 0.25) is 0 Å². The first-order chi connectivity index (χ1) is 6.25. The molecule has 13 heavy (non-hydrogen) atoms. The fourth-order valence-corrected chi connectivity index (χ4v) is 1.05. The number of benzene rings is 1. The number of aliphatic hydroxyl groups excluding tert-OH is 2. The van der Waals surface area contributed by atoms with E-state index in [1.165, 1.54) is 0 Å². The first-order valence-electron chi connectivity index (χ1n) is 4.14. The molecule has 0 aromatic heterocycles. The third-order valence-corrected chi connectivity index (χ3v) is 1.76. The Balaban J connectivity index is 2.68. The summed E-state index contributed by atoms with van der Waals surface area (Å²) in [7, 11) is 0. The van der Waals surface area contributed by atoms with Crippen LogP contribution in [-0.4, -0.2) is 28.7 Å². The molecule has 0 spiro atoms. The molecule has 1 aromatic carbocycles. The molecule has 0 saturated carbocycles. The molecule has 0 bridgehead atoms. The zero-order valence-electron chi connectivity index (χ0n) is 7.18. The van der Waals surface area contributed by atoms with E-state index >= 15 is 0 Å². The zero-order chi connectivity index (χ0) is 9.68. The molecule has 1 unspecified atom stereocenters. The standard InChI is InChI=1S/C10H12O3/c11-7-6-9(12)10(13)8-4-2-1-3-5-8/h1-5,9,11-12H,6-7H2. The first kappa shape index (κ1) is 9.89. The van der Waals surface area contributed by atoms with Crippen molar-refractivity contribution in [1.82, 2.24) is 0 Å². The topological polar surface area (TPSA) is 57.5 Å². The minimum atomic E-state index is -1.09. The van der Waals surface area contributed by atoms with Gasteiger partial charge in [0, 0.05) is 18.6 Å². The molecule has 3 heteroatoms. The predicted octanol–water partition coefficient (Wildman–Crippen LogP) is 0.613. The lowest BCUT2D eigenvalue weighted by Gasteiger charge is -2.06. The average Bonchev–Trinajstić information content (AvgIpc) is 2.18. The van der Waals surface area contributed by atoms with Crippen molar-refractivity contribution < 1.29 is 15.0 Å². The van der Waals surface area contributed by atoms with E-state index in [1.807, 2.05) is 0 Å². The van der Waals surface area contributed by atoms with E-state index in [4.69, 9.17) is 5.11 Å². The monoisotopic (exact) mass is 180 g/mol. The highest BCUT2D eigenvalue weighted by atomic mass is 16.3. The fraction of sp³-hybridized carbons (Fsp3) is 0.300. The number of hydrogen-bond donors (Lipinski definition) is 2. The van der Waals surface area contributed by atoms with E-state index in [0.29, 0.717) is 5.56 Å². The molecule has 70 valence electrons. The lowest BCUT2D eigenvalue weighted by atomic mass is 10.0. The van der Waals surface area contributed by atoms with Crippen molar-refractivity contribution in [3.05, 3.63) is 35.9 Å². The molecule has 0 aliphatic rings. The number of Topliss-reactive ketones (excluding diaryl/α,β-unsaturated/α-hetero) is 1. The summed E-state index contributed by atoms with van der Waals surface area (Å²) in [4.78, 5) is 11.4. The van der Waals surface area contributed by atoms with Crippen LogP contribution in [0, 0.1) is 0 Å². The maximum atomic E-state index is 11.4. The molecule has 2 N–H and O–H groups in total. The van der Waals surface area contributed by atoms with Gasteiger partial charge >= 0.3 is 0 Å². The Labute approximate surface area is 76.6 Å². The Morgan fingerprint density at radius 1 is 1.31 bits per heavy atom. The van der Waals surface area contributed by atoms with Crippen molar-refractivity contribution in [2.24, 2.45) is 0 Å². The number of carbonyl (C=O) groups is 1. The summed E-state index contributed by atoms with van der Waals surface area (Å²) >= 11 is 0. The Morgan fingerprint density at radius 2 is 1.92 bits per heavy atom. The summed E-state index contributed by atoms with van der Waals surface area (Å²) in [6, 6.07) is 8.55. The van der Waals surface area contributed by atoms with E-state index in [1.54, 1.807) is 30.3 Å². The Kier molecular flexibility index (Phi) is 3.61. The molecule has 1 rings (SSSR count). The van der Waals surface area contributed by atoms with Gasteiger partial charge in [0.05, 0.1) is 0 Å². The minimum absolute atomic E-state index is 0.0910. The quantitative estimate of drug-likeness (QED) is 0.667. The molecular formula is C10H12O3. The van der Waals surface area contributed by atoms with Crippen molar-refractivity contribution in [2.45, 2.75) is 12.5 Å². The third-order valence-electron chi connectivity index (χ3n) is 1.76. The zero-order valence-corrected chi connectivity index (χ0v) is 7.18. The smallest absolute Gasteiger partial charge is 0.191 e. The number of hydrogen-bond acceptors (Lipinski definition) is 3. The predicted molar refractivity (Wildman–Crippen MR) is 48.5 cm³/mol. The Bertz CT molecular complexity index is 269. The van der Waals surface area contributed by atoms with Crippen LogP contribution in [-0.2, 0) is 0 Å². The molecule has 1 atom stereocenters. The molecule has 0 fully saturated rings. The highest BCUT2D eigenvalue weighted by Gasteiger charge is 2.15. The number of carbonyl (C=O) groups excluding carboxylic acids is 1. The Hall–Kier alpha value is -1.19. The van der Waals surface area contributed by atoms with Gasteiger partial charge in [-0.2, -0.15) is 0 Å². The second-order valence-electron chi connectivity index (χ2n) is 2.76. The van der Waals surface area contributed by atoms with E-state index in [2.05, 4.69) is 0 Å². The van der Waals surface area contributed by atoms with Gasteiger partial charge in [0.1, 0.15) is 6.10 Å². The van der Waals surface area contributed by atoms with E-state index in [-0.39, 0.29) is 18.8 Å². The molecule has 0 heterocycles. The van der Waals surface area contributed by atoms with Gasteiger partial charge in [0.15, 0.2) is 5.78 Å². The van der Waals surface area contributed by atoms with Crippen molar-refractivity contribution in [1.29, 1.82) is 0 Å². The van der Waals surface area contributed by atoms with Gasteiger partial charge in [-0.15, -0.1) is 0 Å². The van der Waals surface area contributed by atoms with E-state index < -0.39 is 6.10 Å². The lowest BCUT2D eigenvalue weighted by Crippen LogP contribution is -2.21. The summed E-state index contributed by atoms with van der Waals surface area (Å²) < 4.78 is 0. The van der Waals surface area contributed by atoms with E-state index in [0.717, 1.165) is 0 Å². The number of ketones is 1. The van der Waals surface area contributed by atoms with Crippen LogP contribution in [0.15, 0.2) is 30.3 Å². The maximum absolute atomic E-state index is 11.4. The van der Waals surface area contributed by atoms with Gasteiger partial charge in [-0.3, -0.25) is 4.79 Å². The molecule has 3 nitrogen and oxygen atoms in total. The van der Waals surface area contributed by atoms with E-state index in [9.17, 15) is 9.90 Å². The highest BCUT2D eigenvalue weighted by Crippen LogP contribution is 2.05. The summed E-state index contributed by atoms with van der Waals surface area (Å²) in [5, 5.41) is 17.8. The number of aliphatic hydroxyl groups is 2. The van der Waals surface area contributed by atoms with Crippen LogP contribution in [0.3, 0.4) is 0 Å². The molecule has 0 aliphatic carbocycles. The Morgan fingerprint density at radius 3 is 2.46 bits per heavy atom. The summed E-state index contributed by atoms with van der Waals surface area (Å²) in [6.45, 7) is -0.181. The maximum Gasteiger partial charge on any atom is 0.191 e. The molecule has 0 amide bonds. The van der Waals surface area contributed by atoms with Gasteiger partial charge in [-0.05, 0) is 0 Å². The first-order valence-corrected chi connectivity index (χ1v) is 4.14. The van der Waals surface area contributed by atoms with Crippen molar-refractivity contribution in [2.75, 3.05) is 6.61 Å². The van der Waals surface area contributed by atoms with Crippen molar-refractivity contribution >= 4 is 5.78 Å². The highest BCUT2D eigenvalue weighted by molar-refractivity contribution is 5.99. The van der Waals surface area contributed by atoms with Gasteiger partial charge in [-0.25, -0.2) is 0 Å². The summed E-state index contributed by atoms with van der Waals surface area (Å²) in [5.74, 6) is -0.338. The largest absolute Gasteiger partial charge is 0.396 e. The molecule has 0 saturated heterocycles. The molecular weight excluding hydrogens is 168 g/mol. The van der Waals surface area contributed by atoms with Gasteiger partial charge in [0.25, 0.3) is 0 Å². The minimum Gasteiger partial charge on any atom is -0.396 e. The second kappa shape index (κ2) is 4.74. The van der Waals surface area contributed by atoms with Gasteiger partial charge < -0.3 is 10.2 Å². The third kappa shape index (κ3) is 2.65. The van der Waals surface area contributed by atoms with Crippen LogP contribution in [0.2, 0.25) is 0 Å². The van der Waals surface area contributed by atoms with Crippen LogP contribution in [0.4, 0.5) is 0 Å². The number of rotatable bonds is 4. The van der Waals surface area contributed by atoms with Crippen molar-refractivity contribution in [3.8, 4) is 0 Å². The summed E-state index contributed by atoms with van der Waals surface area (Å²) in [5.41, 5.74) is 0.475. The molecule has 1 aromatic rings.